The Kier molecular flexibility index (Phi) is 2.25. The van der Waals surface area contributed by atoms with E-state index in [1.165, 1.54) is 17.5 Å². The number of nitrogens with zero attached hydrogens (tertiary/aromatic N) is 1. The zero-order valence-electron chi connectivity index (χ0n) is 9.95. The Hall–Kier alpha value is -1.69. The van der Waals surface area contributed by atoms with Crippen LogP contribution >= 0.6 is 0 Å². The Labute approximate surface area is 101 Å². The summed E-state index contributed by atoms with van der Waals surface area (Å²) in [6, 6.07) is 6.54. The molecule has 0 spiro atoms. The highest BCUT2D eigenvalue weighted by atomic mass is 16.7. The monoisotopic (exact) mass is 229 g/mol. The van der Waals surface area contributed by atoms with Crippen LogP contribution in [-0.2, 0) is 6.42 Å². The lowest BCUT2D eigenvalue weighted by molar-refractivity contribution is 0.174. The first-order valence-corrected chi connectivity index (χ1v) is 6.03. The van der Waals surface area contributed by atoms with Crippen LogP contribution in [0.1, 0.15) is 30.4 Å². The first-order valence-electron chi connectivity index (χ1n) is 6.03. The normalized spacial score (nSPS) is 19.5. The Morgan fingerprint density at radius 1 is 1.29 bits per heavy atom. The molecule has 1 aliphatic heterocycles. The van der Waals surface area contributed by atoms with Crippen LogP contribution in [0.3, 0.4) is 0 Å². The Morgan fingerprint density at radius 3 is 2.59 bits per heavy atom. The predicted octanol–water partition coefficient (Wildman–Crippen LogP) is 2.96. The molecule has 3 nitrogen and oxygen atoms in total. The second-order valence-corrected chi connectivity index (χ2v) is 5.05. The molecule has 0 unspecified atom stereocenters. The van der Waals surface area contributed by atoms with E-state index in [1.54, 1.807) is 0 Å². The smallest absolute Gasteiger partial charge is 0.231 e. The second-order valence-electron chi connectivity index (χ2n) is 5.05. The van der Waals surface area contributed by atoms with Crippen molar-refractivity contribution in [2.45, 2.75) is 32.6 Å². The molecule has 1 heterocycles. The zero-order chi connectivity index (χ0) is 11.9. The molecule has 0 bridgehead atoms. The third-order valence-corrected chi connectivity index (χ3v) is 3.91. The molecule has 1 aliphatic carbocycles. The van der Waals surface area contributed by atoms with E-state index in [1.807, 2.05) is 12.1 Å². The zero-order valence-corrected chi connectivity index (χ0v) is 9.95. The van der Waals surface area contributed by atoms with Gasteiger partial charge in [0.15, 0.2) is 11.5 Å². The molecule has 0 aromatic heterocycles. The molecule has 17 heavy (non-hydrogen) atoms. The van der Waals surface area contributed by atoms with E-state index >= 15 is 0 Å². The number of hydrogen-bond acceptors (Lipinski definition) is 3. The van der Waals surface area contributed by atoms with E-state index in [0.717, 1.165) is 30.8 Å². The molecule has 0 atom stereocenters. The molecule has 88 valence electrons. The fourth-order valence-corrected chi connectivity index (χ4v) is 2.57. The molecule has 0 radical (unpaired) electrons. The minimum atomic E-state index is -0.127. The van der Waals surface area contributed by atoms with E-state index in [2.05, 4.69) is 13.0 Å². The number of fused-ring (bicyclic) bond motifs is 1. The van der Waals surface area contributed by atoms with Crippen molar-refractivity contribution < 1.29 is 9.47 Å². The van der Waals surface area contributed by atoms with Crippen LogP contribution in [0.4, 0.5) is 0 Å². The third-order valence-electron chi connectivity index (χ3n) is 3.91. The third kappa shape index (κ3) is 1.64. The van der Waals surface area contributed by atoms with Gasteiger partial charge in [0, 0.05) is 0 Å². The van der Waals surface area contributed by atoms with Crippen LogP contribution in [0.5, 0.6) is 11.5 Å². The molecule has 0 saturated heterocycles. The molecule has 3 heteroatoms. The van der Waals surface area contributed by atoms with Crippen molar-refractivity contribution in [2.75, 3.05) is 6.79 Å². The van der Waals surface area contributed by atoms with Crippen molar-refractivity contribution in [3.05, 3.63) is 23.3 Å². The van der Waals surface area contributed by atoms with Crippen LogP contribution in [0.25, 0.3) is 0 Å². The number of rotatable bonds is 2. The van der Waals surface area contributed by atoms with Crippen molar-refractivity contribution in [2.24, 2.45) is 5.41 Å². The maximum absolute atomic E-state index is 9.28. The summed E-state index contributed by atoms with van der Waals surface area (Å²) in [6.07, 6.45) is 4.07. The summed E-state index contributed by atoms with van der Waals surface area (Å²) in [5, 5.41) is 9.28. The highest BCUT2D eigenvalue weighted by molar-refractivity contribution is 5.49. The van der Waals surface area contributed by atoms with Gasteiger partial charge in [0.1, 0.15) is 0 Å². The molecule has 1 aromatic rings. The summed E-state index contributed by atoms with van der Waals surface area (Å²) < 4.78 is 10.7. The lowest BCUT2D eigenvalue weighted by Crippen LogP contribution is -2.30. The quantitative estimate of drug-likeness (QED) is 0.783. The Bertz CT molecular complexity index is 498. The van der Waals surface area contributed by atoms with Gasteiger partial charge in [-0.15, -0.1) is 0 Å². The number of nitriles is 1. The van der Waals surface area contributed by atoms with Gasteiger partial charge in [0.25, 0.3) is 0 Å². The van der Waals surface area contributed by atoms with Gasteiger partial charge in [-0.3, -0.25) is 0 Å². The van der Waals surface area contributed by atoms with E-state index in [9.17, 15) is 5.26 Å². The number of hydrogen-bond donors (Lipinski definition) is 0. The summed E-state index contributed by atoms with van der Waals surface area (Å²) in [4.78, 5) is 0. The highest BCUT2D eigenvalue weighted by Crippen LogP contribution is 2.45. The maximum Gasteiger partial charge on any atom is 0.231 e. The van der Waals surface area contributed by atoms with E-state index < -0.39 is 0 Å². The molecule has 2 aliphatic rings. The standard InChI is InChI=1S/C14H15NO2/c1-10-5-12-13(17-9-16-12)6-11(10)7-14(8-15)3-2-4-14/h5-6H,2-4,7,9H2,1H3. The van der Waals surface area contributed by atoms with Crippen molar-refractivity contribution in [3.63, 3.8) is 0 Å². The molecule has 3 rings (SSSR count). The van der Waals surface area contributed by atoms with Gasteiger partial charge < -0.3 is 9.47 Å². The Morgan fingerprint density at radius 2 is 2.00 bits per heavy atom. The molecular weight excluding hydrogens is 214 g/mol. The lowest BCUT2D eigenvalue weighted by atomic mass is 9.66. The topological polar surface area (TPSA) is 42.2 Å². The molecule has 1 fully saturated rings. The second kappa shape index (κ2) is 3.66. The summed E-state index contributed by atoms with van der Waals surface area (Å²) >= 11 is 0. The SMILES string of the molecule is Cc1cc2c(cc1CC1(C#N)CCC1)OCO2. The summed E-state index contributed by atoms with van der Waals surface area (Å²) in [5.41, 5.74) is 2.28. The van der Waals surface area contributed by atoms with Gasteiger partial charge in [0.2, 0.25) is 6.79 Å². The summed E-state index contributed by atoms with van der Waals surface area (Å²) in [7, 11) is 0. The molecular formula is C14H15NO2. The Balaban J connectivity index is 1.91. The fraction of sp³-hybridized carbons (Fsp3) is 0.500. The van der Waals surface area contributed by atoms with Crippen molar-refractivity contribution in [1.29, 1.82) is 5.26 Å². The number of ether oxygens (including phenoxy) is 2. The minimum absolute atomic E-state index is 0.127. The van der Waals surface area contributed by atoms with E-state index in [-0.39, 0.29) is 5.41 Å². The van der Waals surface area contributed by atoms with Crippen molar-refractivity contribution in [1.82, 2.24) is 0 Å². The van der Waals surface area contributed by atoms with Crippen LogP contribution in [0.2, 0.25) is 0 Å². The number of benzene rings is 1. The van der Waals surface area contributed by atoms with Gasteiger partial charge in [-0.05, 0) is 49.4 Å². The molecule has 0 amide bonds. The fourth-order valence-electron chi connectivity index (χ4n) is 2.57. The van der Waals surface area contributed by atoms with Crippen LogP contribution in [-0.4, -0.2) is 6.79 Å². The van der Waals surface area contributed by atoms with Gasteiger partial charge in [0.05, 0.1) is 11.5 Å². The van der Waals surface area contributed by atoms with Crippen LogP contribution in [0.15, 0.2) is 12.1 Å². The largest absolute Gasteiger partial charge is 0.454 e. The molecule has 0 N–H and O–H groups in total. The highest BCUT2D eigenvalue weighted by Gasteiger charge is 2.37. The van der Waals surface area contributed by atoms with Crippen molar-refractivity contribution in [3.8, 4) is 17.6 Å². The van der Waals surface area contributed by atoms with Crippen LogP contribution < -0.4 is 9.47 Å². The van der Waals surface area contributed by atoms with Gasteiger partial charge in [-0.2, -0.15) is 5.26 Å². The lowest BCUT2D eigenvalue weighted by Gasteiger charge is -2.35. The van der Waals surface area contributed by atoms with Crippen molar-refractivity contribution >= 4 is 0 Å². The summed E-state index contributed by atoms with van der Waals surface area (Å²) in [5.74, 6) is 1.64. The first kappa shape index (κ1) is 10.5. The van der Waals surface area contributed by atoms with Crippen LogP contribution in [0, 0.1) is 23.7 Å². The van der Waals surface area contributed by atoms with E-state index in [0.29, 0.717) is 6.79 Å². The van der Waals surface area contributed by atoms with Gasteiger partial charge in [-0.1, -0.05) is 6.42 Å². The first-order chi connectivity index (χ1) is 8.22. The number of aryl methyl sites for hydroxylation is 1. The summed E-state index contributed by atoms with van der Waals surface area (Å²) in [6.45, 7) is 2.38. The molecule has 1 aromatic carbocycles. The maximum atomic E-state index is 9.28. The predicted molar refractivity (Wildman–Crippen MR) is 62.9 cm³/mol. The average molecular weight is 229 g/mol. The van der Waals surface area contributed by atoms with Gasteiger partial charge >= 0.3 is 0 Å². The van der Waals surface area contributed by atoms with Gasteiger partial charge in [-0.25, -0.2) is 0 Å². The molecule has 1 saturated carbocycles. The van der Waals surface area contributed by atoms with E-state index in [4.69, 9.17) is 9.47 Å². The average Bonchev–Trinajstić information content (AvgIpc) is 2.70. The minimum Gasteiger partial charge on any atom is -0.454 e.